The van der Waals surface area contributed by atoms with Gasteiger partial charge >= 0.3 is 6.18 Å². The second kappa shape index (κ2) is 5.18. The Kier molecular flexibility index (Phi) is 3.80. The van der Waals surface area contributed by atoms with Crippen LogP contribution in [0.4, 0.5) is 18.9 Å². The molecule has 0 saturated heterocycles. The summed E-state index contributed by atoms with van der Waals surface area (Å²) in [6, 6.07) is 5.48. The Morgan fingerprint density at radius 1 is 1.22 bits per heavy atom. The monoisotopic (exact) mass is 259 g/mol. The minimum atomic E-state index is -4.33. The van der Waals surface area contributed by atoms with Gasteiger partial charge in [-0.15, -0.1) is 0 Å². The lowest BCUT2D eigenvalue weighted by atomic mass is 10.1. The van der Waals surface area contributed by atoms with Crippen LogP contribution >= 0.6 is 0 Å². The maximum Gasteiger partial charge on any atom is 0.418 e. The smallest absolute Gasteiger partial charge is 0.393 e. The molecular weight excluding hydrogens is 243 g/mol. The molecule has 2 unspecified atom stereocenters. The zero-order valence-corrected chi connectivity index (χ0v) is 9.87. The number of hydrogen-bond donors (Lipinski definition) is 2. The minimum absolute atomic E-state index is 0.117. The summed E-state index contributed by atoms with van der Waals surface area (Å²) in [5.74, 6) is 0.251. The first kappa shape index (κ1) is 13.2. The molecular formula is C13H16F3NO. The van der Waals surface area contributed by atoms with Crippen molar-refractivity contribution in [2.45, 2.75) is 31.5 Å². The fraction of sp³-hybridized carbons (Fsp3) is 0.538. The molecule has 18 heavy (non-hydrogen) atoms. The molecule has 1 fully saturated rings. The highest BCUT2D eigenvalue weighted by Crippen LogP contribution is 2.35. The van der Waals surface area contributed by atoms with Gasteiger partial charge in [0.05, 0.1) is 11.7 Å². The van der Waals surface area contributed by atoms with Gasteiger partial charge in [0.1, 0.15) is 0 Å². The Morgan fingerprint density at radius 2 is 1.94 bits per heavy atom. The van der Waals surface area contributed by atoms with Crippen molar-refractivity contribution in [3.63, 3.8) is 0 Å². The predicted molar refractivity (Wildman–Crippen MR) is 63.3 cm³/mol. The molecule has 100 valence electrons. The summed E-state index contributed by atoms with van der Waals surface area (Å²) in [6.45, 7) is 0.476. The minimum Gasteiger partial charge on any atom is -0.393 e. The number of anilines is 1. The average Bonchev–Trinajstić information content (AvgIpc) is 2.72. The SMILES string of the molecule is OC1CCC(CNc2ccccc2C(F)(F)F)C1. The summed E-state index contributed by atoms with van der Waals surface area (Å²) in [7, 11) is 0. The number of aliphatic hydroxyl groups is 1. The zero-order chi connectivity index (χ0) is 13.2. The Balaban J connectivity index is 2.01. The summed E-state index contributed by atoms with van der Waals surface area (Å²) in [5, 5.41) is 12.2. The molecule has 1 aromatic rings. The lowest BCUT2D eigenvalue weighted by Gasteiger charge is -2.16. The Bertz CT molecular complexity index is 405. The van der Waals surface area contributed by atoms with Gasteiger partial charge < -0.3 is 10.4 Å². The lowest BCUT2D eigenvalue weighted by Crippen LogP contribution is -2.16. The van der Waals surface area contributed by atoms with E-state index in [9.17, 15) is 18.3 Å². The molecule has 2 atom stereocenters. The summed E-state index contributed by atoms with van der Waals surface area (Å²) < 4.78 is 38.2. The van der Waals surface area contributed by atoms with Crippen molar-refractivity contribution in [3.05, 3.63) is 29.8 Å². The van der Waals surface area contributed by atoms with Gasteiger partial charge in [0, 0.05) is 12.2 Å². The van der Waals surface area contributed by atoms with Crippen LogP contribution in [0, 0.1) is 5.92 Å². The summed E-state index contributed by atoms with van der Waals surface area (Å²) in [4.78, 5) is 0. The normalized spacial score (nSPS) is 24.2. The van der Waals surface area contributed by atoms with Crippen LogP contribution in [0.15, 0.2) is 24.3 Å². The maximum atomic E-state index is 12.7. The number of halogens is 3. The number of alkyl halides is 3. The van der Waals surface area contributed by atoms with E-state index in [-0.39, 0.29) is 17.7 Å². The van der Waals surface area contributed by atoms with Gasteiger partial charge in [-0.3, -0.25) is 0 Å². The van der Waals surface area contributed by atoms with E-state index in [1.165, 1.54) is 12.1 Å². The number of nitrogens with one attached hydrogen (secondary N) is 1. The highest BCUT2D eigenvalue weighted by atomic mass is 19.4. The van der Waals surface area contributed by atoms with E-state index >= 15 is 0 Å². The summed E-state index contributed by atoms with van der Waals surface area (Å²) in [5.41, 5.74) is -0.519. The topological polar surface area (TPSA) is 32.3 Å². The zero-order valence-electron chi connectivity index (χ0n) is 9.87. The van der Waals surface area contributed by atoms with Crippen molar-refractivity contribution in [1.29, 1.82) is 0 Å². The van der Waals surface area contributed by atoms with E-state index in [2.05, 4.69) is 5.32 Å². The molecule has 5 heteroatoms. The van der Waals surface area contributed by atoms with Crippen molar-refractivity contribution in [3.8, 4) is 0 Å². The Hall–Kier alpha value is -1.23. The fourth-order valence-electron chi connectivity index (χ4n) is 2.37. The van der Waals surface area contributed by atoms with Crippen molar-refractivity contribution < 1.29 is 18.3 Å². The van der Waals surface area contributed by atoms with Gasteiger partial charge in [-0.2, -0.15) is 13.2 Å². The fourth-order valence-corrected chi connectivity index (χ4v) is 2.37. The molecule has 0 spiro atoms. The number of para-hydroxylation sites is 1. The molecule has 2 nitrogen and oxygen atoms in total. The molecule has 0 aromatic heterocycles. The van der Waals surface area contributed by atoms with Crippen LogP contribution in [-0.4, -0.2) is 17.8 Å². The summed E-state index contributed by atoms with van der Waals surface area (Å²) >= 11 is 0. The molecule has 1 aliphatic rings. The van der Waals surface area contributed by atoms with Crippen molar-refractivity contribution in [2.24, 2.45) is 5.92 Å². The Labute approximate surface area is 104 Å². The highest BCUT2D eigenvalue weighted by molar-refractivity contribution is 5.52. The van der Waals surface area contributed by atoms with Crippen molar-refractivity contribution in [1.82, 2.24) is 0 Å². The molecule has 2 N–H and O–H groups in total. The van der Waals surface area contributed by atoms with E-state index < -0.39 is 11.7 Å². The molecule has 0 amide bonds. The van der Waals surface area contributed by atoms with E-state index in [0.717, 1.165) is 18.9 Å². The predicted octanol–water partition coefficient (Wildman–Crippen LogP) is 3.28. The highest BCUT2D eigenvalue weighted by Gasteiger charge is 2.33. The van der Waals surface area contributed by atoms with Gasteiger partial charge in [0.15, 0.2) is 0 Å². The third-order valence-electron chi connectivity index (χ3n) is 3.33. The molecule has 0 aliphatic heterocycles. The van der Waals surface area contributed by atoms with Crippen LogP contribution in [-0.2, 0) is 6.18 Å². The van der Waals surface area contributed by atoms with Crippen LogP contribution in [0.3, 0.4) is 0 Å². The number of rotatable bonds is 3. The van der Waals surface area contributed by atoms with Gasteiger partial charge in [-0.25, -0.2) is 0 Å². The second-order valence-corrected chi connectivity index (χ2v) is 4.76. The lowest BCUT2D eigenvalue weighted by molar-refractivity contribution is -0.137. The third kappa shape index (κ3) is 3.16. The molecule has 1 aliphatic carbocycles. The largest absolute Gasteiger partial charge is 0.418 e. The van der Waals surface area contributed by atoms with Crippen LogP contribution in [0.5, 0.6) is 0 Å². The molecule has 1 saturated carbocycles. The van der Waals surface area contributed by atoms with Gasteiger partial charge in [0.25, 0.3) is 0 Å². The van der Waals surface area contributed by atoms with Crippen molar-refractivity contribution in [2.75, 3.05) is 11.9 Å². The van der Waals surface area contributed by atoms with Crippen molar-refractivity contribution >= 4 is 5.69 Å². The molecule has 0 heterocycles. The third-order valence-corrected chi connectivity index (χ3v) is 3.33. The van der Waals surface area contributed by atoms with Crippen LogP contribution in [0.25, 0.3) is 0 Å². The second-order valence-electron chi connectivity index (χ2n) is 4.76. The number of hydrogen-bond acceptors (Lipinski definition) is 2. The summed E-state index contributed by atoms with van der Waals surface area (Å²) in [6.07, 6.45) is -2.36. The standard InChI is InChI=1S/C13H16F3NO/c14-13(15,16)11-3-1-2-4-12(11)17-8-9-5-6-10(18)7-9/h1-4,9-10,17-18H,5-8H2. The van der Waals surface area contributed by atoms with Crippen LogP contribution < -0.4 is 5.32 Å². The first-order valence-electron chi connectivity index (χ1n) is 6.05. The Morgan fingerprint density at radius 3 is 2.56 bits per heavy atom. The van der Waals surface area contributed by atoms with E-state index in [4.69, 9.17) is 0 Å². The van der Waals surface area contributed by atoms with Gasteiger partial charge in [-0.1, -0.05) is 12.1 Å². The molecule has 1 aromatic carbocycles. The van der Waals surface area contributed by atoms with E-state index in [0.29, 0.717) is 13.0 Å². The average molecular weight is 259 g/mol. The maximum absolute atomic E-state index is 12.7. The van der Waals surface area contributed by atoms with E-state index in [1.807, 2.05) is 0 Å². The van der Waals surface area contributed by atoms with Crippen LogP contribution in [0.1, 0.15) is 24.8 Å². The molecule has 0 bridgehead atoms. The van der Waals surface area contributed by atoms with Gasteiger partial charge in [-0.05, 0) is 37.3 Å². The number of benzene rings is 1. The van der Waals surface area contributed by atoms with Crippen LogP contribution in [0.2, 0.25) is 0 Å². The number of aliphatic hydroxyl groups excluding tert-OH is 1. The molecule has 2 rings (SSSR count). The molecule has 0 radical (unpaired) electrons. The quantitative estimate of drug-likeness (QED) is 0.873. The first-order valence-corrected chi connectivity index (χ1v) is 6.05. The van der Waals surface area contributed by atoms with E-state index in [1.54, 1.807) is 6.07 Å². The first-order chi connectivity index (χ1) is 8.47. The van der Waals surface area contributed by atoms with Gasteiger partial charge in [0.2, 0.25) is 0 Å².